The third-order valence-corrected chi connectivity index (χ3v) is 3.62. The second-order valence-corrected chi connectivity index (χ2v) is 6.48. The van der Waals surface area contributed by atoms with Crippen molar-refractivity contribution in [3.63, 3.8) is 0 Å². The van der Waals surface area contributed by atoms with E-state index >= 15 is 0 Å². The second-order valence-electron chi connectivity index (χ2n) is 6.48. The fourth-order valence-corrected chi connectivity index (χ4v) is 2.51. The Morgan fingerprint density at radius 3 is 2.04 bits per heavy atom. The molecule has 134 valence electrons. The van der Waals surface area contributed by atoms with Gasteiger partial charge in [0.05, 0.1) is 13.0 Å². The minimum Gasteiger partial charge on any atom is -0.493 e. The van der Waals surface area contributed by atoms with Crippen LogP contribution in [0.3, 0.4) is 0 Å². The highest BCUT2D eigenvalue weighted by Crippen LogP contribution is 2.12. The average molecular weight is 335 g/mol. The highest BCUT2D eigenvalue weighted by atomic mass is 16.6. The third kappa shape index (κ3) is 6.22. The smallest absolute Gasteiger partial charge is 0.310 e. The van der Waals surface area contributed by atoms with Crippen LogP contribution >= 0.6 is 0 Å². The van der Waals surface area contributed by atoms with Crippen LogP contribution in [0.25, 0.3) is 0 Å². The summed E-state index contributed by atoms with van der Waals surface area (Å²) >= 11 is 0. The van der Waals surface area contributed by atoms with Gasteiger partial charge in [0, 0.05) is 12.1 Å². The van der Waals surface area contributed by atoms with E-state index in [9.17, 15) is 9.59 Å². The number of hydrogen-bond donors (Lipinski definition) is 0. The van der Waals surface area contributed by atoms with E-state index in [1.165, 1.54) is 0 Å². The summed E-state index contributed by atoms with van der Waals surface area (Å²) in [5, 5.41) is 0. The molecule has 0 bridgehead atoms. The maximum atomic E-state index is 12.4. The third-order valence-electron chi connectivity index (χ3n) is 3.62. The molecule has 0 saturated carbocycles. The number of rotatable bonds is 8. The standard InChI is InChI=1S/C19H29NO4/c1-13(2)20(14(3)4)19(22)16(6)24-18(21)11-12-23-17-9-7-15(5)8-10-17/h7-10,13-14,16H,11-12H2,1-6H3. The van der Waals surface area contributed by atoms with Gasteiger partial charge in [0.1, 0.15) is 5.75 Å². The van der Waals surface area contributed by atoms with Crippen molar-refractivity contribution in [1.82, 2.24) is 4.90 Å². The van der Waals surface area contributed by atoms with Crippen molar-refractivity contribution in [2.24, 2.45) is 0 Å². The zero-order valence-electron chi connectivity index (χ0n) is 15.5. The average Bonchev–Trinajstić information content (AvgIpc) is 2.48. The molecule has 1 atom stereocenters. The molecule has 0 saturated heterocycles. The van der Waals surface area contributed by atoms with Gasteiger partial charge >= 0.3 is 5.97 Å². The van der Waals surface area contributed by atoms with Crippen molar-refractivity contribution < 1.29 is 19.1 Å². The van der Waals surface area contributed by atoms with E-state index in [4.69, 9.17) is 9.47 Å². The molecule has 1 aromatic carbocycles. The Balaban J connectivity index is 2.43. The predicted octanol–water partition coefficient (Wildman–Crippen LogP) is 3.34. The molecule has 0 heterocycles. The number of hydrogen-bond acceptors (Lipinski definition) is 4. The number of carbonyl (C=O) groups is 2. The van der Waals surface area contributed by atoms with Crippen LogP contribution in [0.4, 0.5) is 0 Å². The highest BCUT2D eigenvalue weighted by Gasteiger charge is 2.27. The van der Waals surface area contributed by atoms with E-state index < -0.39 is 12.1 Å². The van der Waals surface area contributed by atoms with Crippen molar-refractivity contribution in [2.75, 3.05) is 6.61 Å². The van der Waals surface area contributed by atoms with Gasteiger partial charge in [-0.2, -0.15) is 0 Å². The van der Waals surface area contributed by atoms with Crippen LogP contribution in [0, 0.1) is 6.92 Å². The summed E-state index contributed by atoms with van der Waals surface area (Å²) in [4.78, 5) is 26.0. The Bertz CT molecular complexity index is 529. The maximum Gasteiger partial charge on any atom is 0.310 e. The number of aryl methyl sites for hydroxylation is 1. The molecule has 1 rings (SSSR count). The molecule has 0 aliphatic carbocycles. The quantitative estimate of drug-likeness (QED) is 0.684. The molecule has 1 aromatic rings. The van der Waals surface area contributed by atoms with Crippen molar-refractivity contribution in [3.8, 4) is 5.75 Å². The van der Waals surface area contributed by atoms with E-state index in [1.807, 2.05) is 58.9 Å². The molecule has 0 aliphatic heterocycles. The van der Waals surface area contributed by atoms with Gasteiger partial charge in [-0.1, -0.05) is 17.7 Å². The summed E-state index contributed by atoms with van der Waals surface area (Å²) in [6.07, 6.45) is -0.684. The van der Waals surface area contributed by atoms with Gasteiger partial charge in [0.25, 0.3) is 5.91 Å². The Hall–Kier alpha value is -2.04. The molecular formula is C19H29NO4. The SMILES string of the molecule is Cc1ccc(OCCC(=O)OC(C)C(=O)N(C(C)C)C(C)C)cc1. The van der Waals surface area contributed by atoms with Crippen molar-refractivity contribution >= 4 is 11.9 Å². The monoisotopic (exact) mass is 335 g/mol. The van der Waals surface area contributed by atoms with Crippen molar-refractivity contribution in [1.29, 1.82) is 0 Å². The summed E-state index contributed by atoms with van der Waals surface area (Å²) in [7, 11) is 0. The van der Waals surface area contributed by atoms with Gasteiger partial charge < -0.3 is 14.4 Å². The molecule has 5 heteroatoms. The number of ether oxygens (including phenoxy) is 2. The molecular weight excluding hydrogens is 306 g/mol. The van der Waals surface area contributed by atoms with E-state index in [0.717, 1.165) is 5.56 Å². The minimum absolute atomic E-state index is 0.0588. The molecule has 5 nitrogen and oxygen atoms in total. The molecule has 0 fully saturated rings. The van der Waals surface area contributed by atoms with Crippen molar-refractivity contribution in [2.45, 2.75) is 66.2 Å². The first-order chi connectivity index (χ1) is 11.2. The molecule has 1 amide bonds. The fraction of sp³-hybridized carbons (Fsp3) is 0.579. The number of carbonyl (C=O) groups excluding carboxylic acids is 2. The summed E-state index contributed by atoms with van der Waals surface area (Å²) in [6.45, 7) is 11.6. The first-order valence-electron chi connectivity index (χ1n) is 8.43. The fourth-order valence-electron chi connectivity index (χ4n) is 2.51. The maximum absolute atomic E-state index is 12.4. The molecule has 24 heavy (non-hydrogen) atoms. The van der Waals surface area contributed by atoms with Gasteiger partial charge in [-0.05, 0) is 53.7 Å². The van der Waals surface area contributed by atoms with Crippen LogP contribution in [0.1, 0.15) is 46.6 Å². The molecule has 0 aliphatic rings. The predicted molar refractivity (Wildman–Crippen MR) is 94.0 cm³/mol. The molecule has 0 radical (unpaired) electrons. The Kier molecular flexibility index (Phi) is 7.75. The van der Waals surface area contributed by atoms with Crippen LogP contribution in [0.5, 0.6) is 5.75 Å². The molecule has 0 spiro atoms. The summed E-state index contributed by atoms with van der Waals surface area (Å²) in [5.41, 5.74) is 1.15. The lowest BCUT2D eigenvalue weighted by atomic mass is 10.2. The normalized spacial score (nSPS) is 12.2. The second kappa shape index (κ2) is 9.30. The van der Waals surface area contributed by atoms with E-state index in [-0.39, 0.29) is 31.0 Å². The first kappa shape index (κ1) is 20.0. The van der Waals surface area contributed by atoms with Crippen LogP contribution in [0.15, 0.2) is 24.3 Å². The van der Waals surface area contributed by atoms with Crippen LogP contribution in [0.2, 0.25) is 0 Å². The zero-order chi connectivity index (χ0) is 18.3. The van der Waals surface area contributed by atoms with Gasteiger partial charge in [0.2, 0.25) is 0 Å². The lowest BCUT2D eigenvalue weighted by molar-refractivity contribution is -0.161. The largest absolute Gasteiger partial charge is 0.493 e. The molecule has 0 N–H and O–H groups in total. The number of nitrogens with zero attached hydrogens (tertiary/aromatic N) is 1. The van der Waals surface area contributed by atoms with E-state index in [2.05, 4.69) is 0 Å². The molecule has 1 unspecified atom stereocenters. The van der Waals surface area contributed by atoms with Gasteiger partial charge in [-0.3, -0.25) is 9.59 Å². The number of amides is 1. The Labute approximate surface area is 144 Å². The molecule has 0 aromatic heterocycles. The topological polar surface area (TPSA) is 55.8 Å². The first-order valence-corrected chi connectivity index (χ1v) is 8.43. The van der Waals surface area contributed by atoms with Gasteiger partial charge in [-0.15, -0.1) is 0 Å². The summed E-state index contributed by atoms with van der Waals surface area (Å²) in [6, 6.07) is 7.72. The van der Waals surface area contributed by atoms with Gasteiger partial charge in [0.15, 0.2) is 6.10 Å². The van der Waals surface area contributed by atoms with E-state index in [0.29, 0.717) is 5.75 Å². The Morgan fingerprint density at radius 2 is 1.54 bits per heavy atom. The number of benzene rings is 1. The highest BCUT2D eigenvalue weighted by molar-refractivity contribution is 5.84. The summed E-state index contributed by atoms with van der Waals surface area (Å²) < 4.78 is 10.7. The minimum atomic E-state index is -0.790. The zero-order valence-corrected chi connectivity index (χ0v) is 15.5. The lowest BCUT2D eigenvalue weighted by Crippen LogP contribution is -2.47. The number of esters is 1. The Morgan fingerprint density at radius 1 is 1.00 bits per heavy atom. The van der Waals surface area contributed by atoms with Gasteiger partial charge in [-0.25, -0.2) is 0 Å². The van der Waals surface area contributed by atoms with Crippen LogP contribution < -0.4 is 4.74 Å². The van der Waals surface area contributed by atoms with Crippen LogP contribution in [-0.4, -0.2) is 41.6 Å². The van der Waals surface area contributed by atoms with Crippen molar-refractivity contribution in [3.05, 3.63) is 29.8 Å². The van der Waals surface area contributed by atoms with Crippen LogP contribution in [-0.2, 0) is 14.3 Å². The van der Waals surface area contributed by atoms with E-state index in [1.54, 1.807) is 11.8 Å². The summed E-state index contributed by atoms with van der Waals surface area (Å²) in [5.74, 6) is 0.103. The lowest BCUT2D eigenvalue weighted by Gasteiger charge is -2.32.